The molecule has 2 saturated heterocycles. The lowest BCUT2D eigenvalue weighted by atomic mass is 9.59. The maximum absolute atomic E-state index is 12.5. The molecule has 5 atom stereocenters. The van der Waals surface area contributed by atoms with Crippen LogP contribution in [-0.4, -0.2) is 43.2 Å². The van der Waals surface area contributed by atoms with Gasteiger partial charge in [-0.2, -0.15) is 11.8 Å². The number of thioether (sulfide) groups is 1. The number of ether oxygens (including phenoxy) is 1. The van der Waals surface area contributed by atoms with E-state index in [1.165, 1.54) is 43.9 Å². The topological polar surface area (TPSA) is 30.7 Å². The minimum atomic E-state index is 0.0810. The van der Waals surface area contributed by atoms with Crippen LogP contribution in [0.5, 0.6) is 0 Å². The third kappa shape index (κ3) is 2.86. The van der Waals surface area contributed by atoms with Gasteiger partial charge in [-0.15, -0.1) is 0 Å². The third-order valence-corrected chi connectivity index (χ3v) is 7.78. The number of carbonyl (C=O) groups excluding carboxylic acids is 1. The summed E-state index contributed by atoms with van der Waals surface area (Å²) in [4.78, 5) is 14.1. The Bertz CT molecular complexity index is 513. The van der Waals surface area contributed by atoms with Crippen LogP contribution in [0.2, 0.25) is 0 Å². The van der Waals surface area contributed by atoms with Gasteiger partial charge in [-0.1, -0.05) is 31.9 Å². The number of quaternary nitrogens is 1. The van der Waals surface area contributed by atoms with Gasteiger partial charge in [-0.3, -0.25) is 4.79 Å². The van der Waals surface area contributed by atoms with Crippen LogP contribution in [0.25, 0.3) is 0 Å². The van der Waals surface area contributed by atoms with Gasteiger partial charge in [0.05, 0.1) is 19.6 Å². The van der Waals surface area contributed by atoms with Crippen molar-refractivity contribution in [1.82, 2.24) is 0 Å². The van der Waals surface area contributed by atoms with Gasteiger partial charge >= 0.3 is 5.97 Å². The zero-order chi connectivity index (χ0) is 16.0. The highest BCUT2D eigenvalue weighted by Crippen LogP contribution is 2.53. The summed E-state index contributed by atoms with van der Waals surface area (Å²) in [6, 6.07) is 0. The first kappa shape index (κ1) is 16.0. The van der Waals surface area contributed by atoms with Gasteiger partial charge < -0.3 is 9.64 Å². The molecule has 3 nitrogen and oxygen atoms in total. The molecular formula is C19H30NO2S+. The number of allylic oxidation sites excluding steroid dienone is 1. The van der Waals surface area contributed by atoms with Gasteiger partial charge in [0.2, 0.25) is 0 Å². The first-order chi connectivity index (χ1) is 11.1. The molecule has 2 heterocycles. The first-order valence-electron chi connectivity index (χ1n) is 9.41. The summed E-state index contributed by atoms with van der Waals surface area (Å²) in [7, 11) is 0. The standard InChI is InChI=1S/C19H29NO2S/c1-13-4-3-5-19(2)11-17-14(10-16(13)19)15(18(21)22-17)12-20-6-8-23-9-7-20/h10,13-15,17H,3-9,11-12H2,1-2H3/p+1/t13-,14+,15-,17+,19+/m0/s1. The van der Waals surface area contributed by atoms with Crippen LogP contribution in [0.1, 0.15) is 39.5 Å². The van der Waals surface area contributed by atoms with E-state index in [0.29, 0.717) is 11.8 Å². The molecule has 0 radical (unpaired) electrons. The van der Waals surface area contributed by atoms with Crippen LogP contribution in [0, 0.1) is 23.2 Å². The van der Waals surface area contributed by atoms with Crippen molar-refractivity contribution in [2.24, 2.45) is 23.2 Å². The van der Waals surface area contributed by atoms with E-state index in [1.54, 1.807) is 10.5 Å². The van der Waals surface area contributed by atoms with Gasteiger partial charge in [-0.25, -0.2) is 0 Å². The zero-order valence-corrected chi connectivity index (χ0v) is 15.3. The van der Waals surface area contributed by atoms with Crippen molar-refractivity contribution in [3.63, 3.8) is 0 Å². The van der Waals surface area contributed by atoms with Crippen LogP contribution in [0.3, 0.4) is 0 Å². The van der Waals surface area contributed by atoms with E-state index in [2.05, 4.69) is 19.9 Å². The fraction of sp³-hybridized carbons (Fsp3) is 0.842. The maximum Gasteiger partial charge on any atom is 0.315 e. The second kappa shape index (κ2) is 6.11. The molecule has 128 valence electrons. The van der Waals surface area contributed by atoms with Gasteiger partial charge in [0.25, 0.3) is 0 Å². The Balaban J connectivity index is 1.56. The maximum atomic E-state index is 12.5. The quantitative estimate of drug-likeness (QED) is 0.617. The molecule has 4 rings (SSSR count). The number of fused-ring (bicyclic) bond motifs is 2. The number of nitrogens with one attached hydrogen (secondary N) is 1. The van der Waals surface area contributed by atoms with E-state index in [-0.39, 0.29) is 23.4 Å². The molecule has 0 aromatic carbocycles. The lowest BCUT2D eigenvalue weighted by Gasteiger charge is -2.46. The van der Waals surface area contributed by atoms with Gasteiger partial charge in [-0.05, 0) is 30.6 Å². The molecule has 0 bridgehead atoms. The Morgan fingerprint density at radius 2 is 2.17 bits per heavy atom. The predicted molar refractivity (Wildman–Crippen MR) is 93.6 cm³/mol. The van der Waals surface area contributed by atoms with Gasteiger partial charge in [0.15, 0.2) is 0 Å². The Hall–Kier alpha value is -0.480. The smallest absolute Gasteiger partial charge is 0.315 e. The predicted octanol–water partition coefficient (Wildman–Crippen LogP) is 1.93. The van der Waals surface area contributed by atoms with E-state index in [1.807, 2.05) is 11.8 Å². The van der Waals surface area contributed by atoms with Crippen molar-refractivity contribution < 1.29 is 14.4 Å². The lowest BCUT2D eigenvalue weighted by Crippen LogP contribution is -3.14. The number of esters is 1. The van der Waals surface area contributed by atoms with Gasteiger partial charge in [0.1, 0.15) is 12.0 Å². The van der Waals surface area contributed by atoms with Crippen molar-refractivity contribution in [3.8, 4) is 0 Å². The number of hydrogen-bond acceptors (Lipinski definition) is 3. The Kier molecular flexibility index (Phi) is 4.25. The molecule has 0 aromatic heterocycles. The molecule has 0 amide bonds. The van der Waals surface area contributed by atoms with Crippen LogP contribution in [-0.2, 0) is 9.53 Å². The summed E-state index contributed by atoms with van der Waals surface area (Å²) in [5.41, 5.74) is 1.92. The largest absolute Gasteiger partial charge is 0.461 e. The van der Waals surface area contributed by atoms with Crippen LogP contribution < -0.4 is 4.90 Å². The monoisotopic (exact) mass is 336 g/mol. The summed E-state index contributed by atoms with van der Waals surface area (Å²) in [5.74, 6) is 3.68. The van der Waals surface area contributed by atoms with Crippen molar-refractivity contribution in [1.29, 1.82) is 0 Å². The fourth-order valence-electron chi connectivity index (χ4n) is 5.46. The summed E-state index contributed by atoms with van der Waals surface area (Å²) in [6.07, 6.45) is 7.59. The molecule has 0 unspecified atom stereocenters. The van der Waals surface area contributed by atoms with Crippen molar-refractivity contribution in [2.45, 2.75) is 45.6 Å². The normalized spacial score (nSPS) is 44.3. The van der Waals surface area contributed by atoms with E-state index in [4.69, 9.17) is 4.74 Å². The molecule has 23 heavy (non-hydrogen) atoms. The number of rotatable bonds is 2. The SMILES string of the molecule is C[C@H]1CCC[C@]2(C)C[C@H]3OC(=O)[C@@H](C[NH+]4CCSCC4)[C@H]3C=C12. The molecule has 4 aliphatic rings. The minimum Gasteiger partial charge on any atom is -0.461 e. The minimum absolute atomic E-state index is 0.0810. The molecule has 1 saturated carbocycles. The molecule has 2 aliphatic heterocycles. The van der Waals surface area contributed by atoms with Crippen LogP contribution in [0.15, 0.2) is 11.6 Å². The van der Waals surface area contributed by atoms with Crippen LogP contribution >= 0.6 is 11.8 Å². The van der Waals surface area contributed by atoms with Gasteiger partial charge in [0, 0.05) is 17.4 Å². The lowest BCUT2D eigenvalue weighted by molar-refractivity contribution is -0.898. The fourth-order valence-corrected chi connectivity index (χ4v) is 6.53. The zero-order valence-electron chi connectivity index (χ0n) is 14.5. The van der Waals surface area contributed by atoms with E-state index in [0.717, 1.165) is 13.0 Å². The van der Waals surface area contributed by atoms with E-state index >= 15 is 0 Å². The molecule has 4 heteroatoms. The summed E-state index contributed by atoms with van der Waals surface area (Å²) < 4.78 is 5.87. The molecule has 3 fully saturated rings. The average molecular weight is 337 g/mol. The van der Waals surface area contributed by atoms with Crippen molar-refractivity contribution in [3.05, 3.63) is 11.6 Å². The highest BCUT2D eigenvalue weighted by Gasteiger charge is 2.52. The summed E-state index contributed by atoms with van der Waals surface area (Å²) in [6.45, 7) is 8.17. The highest BCUT2D eigenvalue weighted by molar-refractivity contribution is 7.99. The Morgan fingerprint density at radius 1 is 1.39 bits per heavy atom. The molecular weight excluding hydrogens is 306 g/mol. The Labute approximate surface area is 144 Å². The van der Waals surface area contributed by atoms with E-state index < -0.39 is 0 Å². The average Bonchev–Trinajstić information content (AvgIpc) is 2.81. The van der Waals surface area contributed by atoms with Crippen LogP contribution in [0.4, 0.5) is 0 Å². The van der Waals surface area contributed by atoms with Crippen molar-refractivity contribution in [2.75, 3.05) is 31.1 Å². The molecule has 0 spiro atoms. The number of carbonyl (C=O) groups is 1. The summed E-state index contributed by atoms with van der Waals surface area (Å²) in [5, 5.41) is 0. The van der Waals surface area contributed by atoms with E-state index in [9.17, 15) is 4.79 Å². The second-order valence-corrected chi connectivity index (χ2v) is 9.63. The Morgan fingerprint density at radius 3 is 2.96 bits per heavy atom. The second-order valence-electron chi connectivity index (χ2n) is 8.41. The first-order valence-corrected chi connectivity index (χ1v) is 10.6. The number of hydrogen-bond donors (Lipinski definition) is 1. The summed E-state index contributed by atoms with van der Waals surface area (Å²) >= 11 is 2.05. The molecule has 1 N–H and O–H groups in total. The third-order valence-electron chi connectivity index (χ3n) is 6.79. The molecule has 0 aromatic rings. The molecule has 2 aliphatic carbocycles. The highest BCUT2D eigenvalue weighted by atomic mass is 32.2. The van der Waals surface area contributed by atoms with Crippen molar-refractivity contribution >= 4 is 17.7 Å².